The monoisotopic (exact) mass is 220 g/mol. The minimum absolute atomic E-state index is 0.438. The van der Waals surface area contributed by atoms with Crippen LogP contribution in [0.25, 0.3) is 11.3 Å². The maximum absolute atomic E-state index is 5.87. The van der Waals surface area contributed by atoms with Crippen molar-refractivity contribution in [3.05, 3.63) is 35.0 Å². The summed E-state index contributed by atoms with van der Waals surface area (Å²) in [4.78, 5) is 7.88. The van der Waals surface area contributed by atoms with Crippen molar-refractivity contribution >= 4 is 11.6 Å². The second-order valence-electron chi connectivity index (χ2n) is 3.22. The zero-order chi connectivity index (χ0) is 10.8. The van der Waals surface area contributed by atoms with Crippen molar-refractivity contribution in [2.24, 2.45) is 0 Å². The maximum Gasteiger partial charge on any atom is 0.154 e. The lowest BCUT2D eigenvalue weighted by Crippen LogP contribution is -1.97. The fourth-order valence-electron chi connectivity index (χ4n) is 1.27. The third-order valence-electron chi connectivity index (χ3n) is 2.30. The Morgan fingerprint density at radius 1 is 1.00 bits per heavy atom. The van der Waals surface area contributed by atoms with Gasteiger partial charge in [0.25, 0.3) is 0 Å². The van der Waals surface area contributed by atoms with E-state index in [0.717, 1.165) is 22.4 Å². The van der Waals surface area contributed by atoms with Gasteiger partial charge in [-0.15, -0.1) is 10.2 Å². The van der Waals surface area contributed by atoms with Crippen LogP contribution in [0, 0.1) is 13.8 Å². The van der Waals surface area contributed by atoms with Crippen LogP contribution in [-0.2, 0) is 0 Å². The zero-order valence-corrected chi connectivity index (χ0v) is 9.15. The first kappa shape index (κ1) is 9.98. The molecule has 4 nitrogen and oxygen atoms in total. The minimum atomic E-state index is 0.438. The highest BCUT2D eigenvalue weighted by Crippen LogP contribution is 2.24. The minimum Gasteiger partial charge on any atom is -0.244 e. The molecule has 15 heavy (non-hydrogen) atoms. The summed E-state index contributed by atoms with van der Waals surface area (Å²) in [5, 5.41) is 8.36. The molecule has 2 heterocycles. The third-order valence-corrected chi connectivity index (χ3v) is 2.66. The Hall–Kier alpha value is -1.55. The Morgan fingerprint density at radius 3 is 2.33 bits per heavy atom. The van der Waals surface area contributed by atoms with Gasteiger partial charge in [0, 0.05) is 18.0 Å². The molecule has 0 atom stereocenters. The molecular weight excluding hydrogens is 212 g/mol. The summed E-state index contributed by atoms with van der Waals surface area (Å²) >= 11 is 5.87. The first-order chi connectivity index (χ1) is 7.20. The molecule has 0 saturated heterocycles. The van der Waals surface area contributed by atoms with E-state index in [2.05, 4.69) is 20.2 Å². The summed E-state index contributed by atoms with van der Waals surface area (Å²) in [6, 6.07) is 0. The van der Waals surface area contributed by atoms with E-state index in [9.17, 15) is 0 Å². The van der Waals surface area contributed by atoms with Gasteiger partial charge in [-0.1, -0.05) is 11.6 Å². The highest BCUT2D eigenvalue weighted by atomic mass is 35.5. The van der Waals surface area contributed by atoms with Crippen LogP contribution in [0.4, 0.5) is 0 Å². The summed E-state index contributed by atoms with van der Waals surface area (Å²) in [6.07, 6.45) is 4.89. The molecule has 0 radical (unpaired) electrons. The van der Waals surface area contributed by atoms with Crippen LogP contribution in [0.3, 0.4) is 0 Å². The number of halogens is 1. The van der Waals surface area contributed by atoms with E-state index in [0.29, 0.717) is 5.15 Å². The zero-order valence-electron chi connectivity index (χ0n) is 8.40. The molecule has 0 spiro atoms. The summed E-state index contributed by atoms with van der Waals surface area (Å²) < 4.78 is 0. The van der Waals surface area contributed by atoms with Crippen molar-refractivity contribution < 1.29 is 0 Å². The molecule has 0 bridgehead atoms. The Morgan fingerprint density at radius 2 is 1.67 bits per heavy atom. The molecule has 2 rings (SSSR count). The average Bonchev–Trinajstić information content (AvgIpc) is 2.27. The third kappa shape index (κ3) is 1.80. The molecule has 0 unspecified atom stereocenters. The normalized spacial score (nSPS) is 10.3. The second-order valence-corrected chi connectivity index (χ2v) is 3.57. The Bertz CT molecular complexity index is 484. The van der Waals surface area contributed by atoms with Crippen molar-refractivity contribution in [3.8, 4) is 11.3 Å². The summed E-state index contributed by atoms with van der Waals surface area (Å²) in [5.74, 6) is 0. The number of hydrogen-bond donors (Lipinski definition) is 0. The van der Waals surface area contributed by atoms with Crippen LogP contribution in [0.5, 0.6) is 0 Å². The molecule has 76 valence electrons. The second kappa shape index (κ2) is 3.90. The van der Waals surface area contributed by atoms with Crippen molar-refractivity contribution in [1.29, 1.82) is 0 Å². The molecule has 5 heteroatoms. The van der Waals surface area contributed by atoms with Gasteiger partial charge in [0.05, 0.1) is 5.69 Å². The topological polar surface area (TPSA) is 51.6 Å². The van der Waals surface area contributed by atoms with Crippen LogP contribution < -0.4 is 0 Å². The van der Waals surface area contributed by atoms with E-state index in [4.69, 9.17) is 11.6 Å². The van der Waals surface area contributed by atoms with Gasteiger partial charge in [0.15, 0.2) is 5.15 Å². The van der Waals surface area contributed by atoms with Gasteiger partial charge >= 0.3 is 0 Å². The standard InChI is InChI=1S/C10H9ClN4/c1-6-7(2)10(11)15-14-9(6)8-3-12-5-13-4-8/h3-5H,1-2H3. The quantitative estimate of drug-likeness (QED) is 0.740. The molecule has 0 aliphatic heterocycles. The fraction of sp³-hybridized carbons (Fsp3) is 0.200. The highest BCUT2D eigenvalue weighted by molar-refractivity contribution is 6.30. The van der Waals surface area contributed by atoms with E-state index in [1.807, 2.05) is 13.8 Å². The highest BCUT2D eigenvalue weighted by Gasteiger charge is 2.09. The first-order valence-electron chi connectivity index (χ1n) is 4.45. The molecular formula is C10H9ClN4. The van der Waals surface area contributed by atoms with E-state index in [1.165, 1.54) is 6.33 Å². The van der Waals surface area contributed by atoms with Gasteiger partial charge in [-0.3, -0.25) is 0 Å². The SMILES string of the molecule is Cc1c(Cl)nnc(-c2cncnc2)c1C. The predicted molar refractivity (Wildman–Crippen MR) is 57.5 cm³/mol. The van der Waals surface area contributed by atoms with Crippen molar-refractivity contribution in [2.75, 3.05) is 0 Å². The van der Waals surface area contributed by atoms with Crippen LogP contribution >= 0.6 is 11.6 Å². The molecule has 2 aromatic rings. The maximum atomic E-state index is 5.87. The van der Waals surface area contributed by atoms with E-state index in [1.54, 1.807) is 12.4 Å². The Kier molecular flexibility index (Phi) is 2.60. The lowest BCUT2D eigenvalue weighted by Gasteiger charge is -2.06. The lowest BCUT2D eigenvalue weighted by atomic mass is 10.1. The van der Waals surface area contributed by atoms with Crippen molar-refractivity contribution in [2.45, 2.75) is 13.8 Å². The number of hydrogen-bond acceptors (Lipinski definition) is 4. The van der Waals surface area contributed by atoms with Crippen LogP contribution in [0.1, 0.15) is 11.1 Å². The van der Waals surface area contributed by atoms with Gasteiger partial charge in [0.2, 0.25) is 0 Å². The molecule has 0 aliphatic rings. The largest absolute Gasteiger partial charge is 0.244 e. The van der Waals surface area contributed by atoms with Gasteiger partial charge in [0.1, 0.15) is 6.33 Å². The molecule has 0 fully saturated rings. The Labute approximate surface area is 92.4 Å². The van der Waals surface area contributed by atoms with Crippen molar-refractivity contribution in [3.63, 3.8) is 0 Å². The van der Waals surface area contributed by atoms with Gasteiger partial charge in [-0.05, 0) is 25.0 Å². The predicted octanol–water partition coefficient (Wildman–Crippen LogP) is 2.20. The van der Waals surface area contributed by atoms with Crippen LogP contribution in [0.15, 0.2) is 18.7 Å². The van der Waals surface area contributed by atoms with Crippen LogP contribution in [0.2, 0.25) is 5.15 Å². The molecule has 0 N–H and O–H groups in total. The van der Waals surface area contributed by atoms with Gasteiger partial charge in [-0.25, -0.2) is 9.97 Å². The Balaban J connectivity index is 2.60. The van der Waals surface area contributed by atoms with E-state index < -0.39 is 0 Å². The first-order valence-corrected chi connectivity index (χ1v) is 4.82. The number of rotatable bonds is 1. The molecule has 0 amide bonds. The fourth-order valence-corrected chi connectivity index (χ4v) is 1.45. The number of nitrogens with zero attached hydrogens (tertiary/aromatic N) is 4. The van der Waals surface area contributed by atoms with E-state index >= 15 is 0 Å². The average molecular weight is 221 g/mol. The van der Waals surface area contributed by atoms with E-state index in [-0.39, 0.29) is 0 Å². The molecule has 0 aromatic carbocycles. The van der Waals surface area contributed by atoms with Crippen molar-refractivity contribution in [1.82, 2.24) is 20.2 Å². The molecule has 0 aliphatic carbocycles. The smallest absolute Gasteiger partial charge is 0.154 e. The molecule has 2 aromatic heterocycles. The van der Waals surface area contributed by atoms with Gasteiger partial charge < -0.3 is 0 Å². The summed E-state index contributed by atoms with van der Waals surface area (Å²) in [6.45, 7) is 3.87. The number of aromatic nitrogens is 4. The molecule has 0 saturated carbocycles. The summed E-state index contributed by atoms with van der Waals surface area (Å²) in [5.41, 5.74) is 3.56. The van der Waals surface area contributed by atoms with Crippen LogP contribution in [-0.4, -0.2) is 20.2 Å². The summed E-state index contributed by atoms with van der Waals surface area (Å²) in [7, 11) is 0. The van der Waals surface area contributed by atoms with Gasteiger partial charge in [-0.2, -0.15) is 0 Å². The lowest BCUT2D eigenvalue weighted by molar-refractivity contribution is 0.997.